The molecule has 1 N–H and O–H groups in total. The fourth-order valence-corrected chi connectivity index (χ4v) is 2.93. The predicted molar refractivity (Wildman–Crippen MR) is 70.2 cm³/mol. The average Bonchev–Trinajstić information content (AvgIpc) is 2.79. The number of carbonyl (C=O) groups is 2. The molecule has 0 atom stereocenters. The molecule has 20 heavy (non-hydrogen) atoms. The normalized spacial score (nSPS) is 16.9. The zero-order valence-corrected chi connectivity index (χ0v) is 11.2. The summed E-state index contributed by atoms with van der Waals surface area (Å²) in [5.74, 6) is -1.71. The Labute approximate surface area is 117 Å². The van der Waals surface area contributed by atoms with Gasteiger partial charge in [-0.05, 0) is 48.9 Å². The van der Waals surface area contributed by atoms with Gasteiger partial charge in [0.1, 0.15) is 5.82 Å². The number of amides is 1. The topological polar surface area (TPSA) is 69.2 Å². The van der Waals surface area contributed by atoms with Crippen molar-refractivity contribution in [2.24, 2.45) is 5.41 Å². The molecule has 1 aliphatic rings. The summed E-state index contributed by atoms with van der Waals surface area (Å²) in [6.45, 7) is 0. The molecule has 0 saturated heterocycles. The molecule has 0 aliphatic heterocycles. The third-order valence-corrected chi connectivity index (χ3v) is 3.85. The summed E-state index contributed by atoms with van der Waals surface area (Å²) in [6, 6.07) is 5.49. The number of rotatable bonds is 5. The van der Waals surface area contributed by atoms with Crippen molar-refractivity contribution in [3.63, 3.8) is 0 Å². The lowest BCUT2D eigenvalue weighted by atomic mass is 9.79. The van der Waals surface area contributed by atoms with E-state index >= 15 is 0 Å². The van der Waals surface area contributed by atoms with Gasteiger partial charge >= 0.3 is 0 Å². The number of carboxylic acid groups (broad SMARTS) is 1. The minimum Gasteiger partial charge on any atom is -0.550 e. The van der Waals surface area contributed by atoms with Gasteiger partial charge in [0.15, 0.2) is 0 Å². The van der Waals surface area contributed by atoms with Crippen LogP contribution in [0.3, 0.4) is 0 Å². The van der Waals surface area contributed by atoms with Crippen LogP contribution >= 0.6 is 0 Å². The maximum Gasteiger partial charge on any atom is 0.224 e. The summed E-state index contributed by atoms with van der Waals surface area (Å²) in [5.41, 5.74) is 0.0288. The molecule has 1 aromatic carbocycles. The molecule has 2 rings (SSSR count). The monoisotopic (exact) mass is 278 g/mol. The van der Waals surface area contributed by atoms with E-state index in [4.69, 9.17) is 0 Å². The molecule has 5 heteroatoms. The van der Waals surface area contributed by atoms with Gasteiger partial charge in [0.25, 0.3) is 0 Å². The van der Waals surface area contributed by atoms with E-state index in [0.29, 0.717) is 5.69 Å². The van der Waals surface area contributed by atoms with E-state index in [0.717, 1.165) is 25.7 Å². The second-order valence-corrected chi connectivity index (χ2v) is 5.49. The van der Waals surface area contributed by atoms with Gasteiger partial charge in [-0.25, -0.2) is 4.39 Å². The summed E-state index contributed by atoms with van der Waals surface area (Å²) in [6.07, 6.45) is 3.44. The molecular formula is C15H17FNO3-. The van der Waals surface area contributed by atoms with Crippen molar-refractivity contribution in [1.82, 2.24) is 0 Å². The van der Waals surface area contributed by atoms with Gasteiger partial charge in [0, 0.05) is 18.1 Å². The van der Waals surface area contributed by atoms with Gasteiger partial charge in [-0.15, -0.1) is 0 Å². The van der Waals surface area contributed by atoms with Crippen LogP contribution in [0, 0.1) is 11.2 Å². The molecule has 1 fully saturated rings. The van der Waals surface area contributed by atoms with Crippen LogP contribution in [-0.4, -0.2) is 11.9 Å². The third-order valence-electron chi connectivity index (χ3n) is 3.85. The van der Waals surface area contributed by atoms with E-state index in [1.54, 1.807) is 0 Å². The highest BCUT2D eigenvalue weighted by Gasteiger charge is 2.35. The van der Waals surface area contributed by atoms with E-state index in [2.05, 4.69) is 5.32 Å². The lowest BCUT2D eigenvalue weighted by molar-refractivity contribution is -0.308. The molecule has 0 heterocycles. The standard InChI is InChI=1S/C15H18FNO3/c16-11-3-5-12(6-4-11)17-13(18)9-15(10-14(19)20)7-1-2-8-15/h3-6H,1-2,7-10H2,(H,17,18)(H,19,20)/p-1. The van der Waals surface area contributed by atoms with Crippen molar-refractivity contribution in [1.29, 1.82) is 0 Å². The van der Waals surface area contributed by atoms with E-state index < -0.39 is 11.4 Å². The first-order valence-electron chi connectivity index (χ1n) is 6.74. The van der Waals surface area contributed by atoms with Crippen molar-refractivity contribution in [3.8, 4) is 0 Å². The number of aliphatic carboxylic acids is 1. The smallest absolute Gasteiger partial charge is 0.224 e. The lowest BCUT2D eigenvalue weighted by Gasteiger charge is -2.28. The molecule has 0 bridgehead atoms. The number of hydrogen-bond donors (Lipinski definition) is 1. The number of hydrogen-bond acceptors (Lipinski definition) is 3. The molecule has 1 amide bonds. The predicted octanol–water partition coefficient (Wildman–Crippen LogP) is 1.85. The van der Waals surface area contributed by atoms with E-state index in [9.17, 15) is 19.1 Å². The Kier molecular flexibility index (Phi) is 4.37. The van der Waals surface area contributed by atoms with Crippen LogP contribution in [0.1, 0.15) is 38.5 Å². The second kappa shape index (κ2) is 6.03. The Balaban J connectivity index is 1.98. The summed E-state index contributed by atoms with van der Waals surface area (Å²) in [5, 5.41) is 13.5. The zero-order chi connectivity index (χ0) is 14.6. The lowest BCUT2D eigenvalue weighted by Crippen LogP contribution is -2.33. The maximum atomic E-state index is 12.8. The number of benzene rings is 1. The number of nitrogens with one attached hydrogen (secondary N) is 1. The minimum atomic E-state index is -1.11. The second-order valence-electron chi connectivity index (χ2n) is 5.49. The van der Waals surface area contributed by atoms with Crippen molar-refractivity contribution in [3.05, 3.63) is 30.1 Å². The molecule has 108 valence electrons. The van der Waals surface area contributed by atoms with Crippen LogP contribution in [0.2, 0.25) is 0 Å². The number of carbonyl (C=O) groups excluding carboxylic acids is 2. The molecule has 1 aliphatic carbocycles. The Morgan fingerprint density at radius 1 is 1.15 bits per heavy atom. The van der Waals surface area contributed by atoms with Gasteiger partial charge < -0.3 is 15.2 Å². The fourth-order valence-electron chi connectivity index (χ4n) is 2.93. The van der Waals surface area contributed by atoms with Crippen LogP contribution in [0.15, 0.2) is 24.3 Å². The van der Waals surface area contributed by atoms with Gasteiger partial charge in [-0.1, -0.05) is 12.8 Å². The fraction of sp³-hybridized carbons (Fsp3) is 0.467. The summed E-state index contributed by atoms with van der Waals surface area (Å²) in [4.78, 5) is 22.9. The zero-order valence-electron chi connectivity index (χ0n) is 11.2. The van der Waals surface area contributed by atoms with Crippen molar-refractivity contribution < 1.29 is 19.1 Å². The minimum absolute atomic E-state index is 0.0795. The van der Waals surface area contributed by atoms with Crippen LogP contribution in [-0.2, 0) is 9.59 Å². The van der Waals surface area contributed by atoms with Crippen LogP contribution in [0.5, 0.6) is 0 Å². The Morgan fingerprint density at radius 2 is 1.75 bits per heavy atom. The van der Waals surface area contributed by atoms with Crippen molar-refractivity contribution in [2.45, 2.75) is 38.5 Å². The van der Waals surface area contributed by atoms with Gasteiger partial charge in [0.05, 0.1) is 0 Å². The Hall–Kier alpha value is -1.91. The first kappa shape index (κ1) is 14.5. The number of anilines is 1. The largest absolute Gasteiger partial charge is 0.550 e. The third kappa shape index (κ3) is 3.79. The molecule has 0 unspecified atom stereocenters. The highest BCUT2D eigenvalue weighted by Crippen LogP contribution is 2.44. The molecule has 0 spiro atoms. The van der Waals surface area contributed by atoms with E-state index in [-0.39, 0.29) is 24.6 Å². The summed E-state index contributed by atoms with van der Waals surface area (Å²) >= 11 is 0. The molecule has 1 aromatic rings. The SMILES string of the molecule is O=C([O-])CC1(CC(=O)Nc2ccc(F)cc2)CCCC1. The first-order chi connectivity index (χ1) is 9.49. The number of halogens is 1. The summed E-state index contributed by atoms with van der Waals surface area (Å²) < 4.78 is 12.8. The maximum absolute atomic E-state index is 12.8. The van der Waals surface area contributed by atoms with Gasteiger partial charge in [-0.3, -0.25) is 4.79 Å². The Morgan fingerprint density at radius 3 is 2.30 bits per heavy atom. The van der Waals surface area contributed by atoms with Crippen molar-refractivity contribution >= 4 is 17.6 Å². The van der Waals surface area contributed by atoms with Crippen LogP contribution in [0.25, 0.3) is 0 Å². The molecular weight excluding hydrogens is 261 g/mol. The molecule has 0 radical (unpaired) electrons. The number of carboxylic acids is 1. The highest BCUT2D eigenvalue weighted by molar-refractivity contribution is 5.91. The molecule has 0 aromatic heterocycles. The quantitative estimate of drug-likeness (QED) is 0.893. The van der Waals surface area contributed by atoms with E-state index in [1.165, 1.54) is 24.3 Å². The van der Waals surface area contributed by atoms with Gasteiger partial charge in [0.2, 0.25) is 5.91 Å². The van der Waals surface area contributed by atoms with Crippen LogP contribution < -0.4 is 10.4 Å². The molecule has 1 saturated carbocycles. The highest BCUT2D eigenvalue weighted by atomic mass is 19.1. The van der Waals surface area contributed by atoms with Crippen LogP contribution in [0.4, 0.5) is 10.1 Å². The Bertz CT molecular complexity index is 492. The van der Waals surface area contributed by atoms with E-state index in [1.807, 2.05) is 0 Å². The summed E-state index contributed by atoms with van der Waals surface area (Å²) in [7, 11) is 0. The first-order valence-corrected chi connectivity index (χ1v) is 6.74. The van der Waals surface area contributed by atoms with Gasteiger partial charge in [-0.2, -0.15) is 0 Å². The van der Waals surface area contributed by atoms with Crippen molar-refractivity contribution in [2.75, 3.05) is 5.32 Å². The molecule has 4 nitrogen and oxygen atoms in total. The average molecular weight is 278 g/mol.